The van der Waals surface area contributed by atoms with Crippen LogP contribution in [0.5, 0.6) is 5.75 Å². The van der Waals surface area contributed by atoms with Crippen LogP contribution in [0.4, 0.5) is 11.4 Å². The normalized spacial score (nSPS) is 33.2. The summed E-state index contributed by atoms with van der Waals surface area (Å²) in [5, 5.41) is 17.0. The zero-order valence-electron chi connectivity index (χ0n) is 13.2. The third-order valence-corrected chi connectivity index (χ3v) is 8.23. The molecule has 5 nitrogen and oxygen atoms in total. The highest BCUT2D eigenvalue weighted by Crippen LogP contribution is 2.60. The number of benzene rings is 1. The fraction of sp³-hybridized carbons (Fsp3) is 0.389. The molecule has 0 radical (unpaired) electrons. The Kier molecular flexibility index (Phi) is 2.66. The van der Waals surface area contributed by atoms with Crippen LogP contribution >= 0.6 is 27.7 Å². The van der Waals surface area contributed by atoms with Crippen molar-refractivity contribution < 1.29 is 14.9 Å². The maximum Gasteiger partial charge on any atom is 0.214 e. The summed E-state index contributed by atoms with van der Waals surface area (Å²) in [4.78, 5) is 20.3. The second-order valence-corrected chi connectivity index (χ2v) is 9.54. The SMILES string of the molecule is O=C1CC2S[C@H]3C[C@]2(C=C1Br)c1c(c(O)c2c4c1=[NH+]CCC=4C=N2)N3. The van der Waals surface area contributed by atoms with Crippen LogP contribution < -0.4 is 20.9 Å². The van der Waals surface area contributed by atoms with Gasteiger partial charge >= 0.3 is 0 Å². The van der Waals surface area contributed by atoms with Gasteiger partial charge in [0.1, 0.15) is 12.2 Å². The average Bonchev–Trinajstić information content (AvgIpc) is 3.13. The van der Waals surface area contributed by atoms with E-state index < -0.39 is 0 Å². The molecule has 3 atom stereocenters. The first-order chi connectivity index (χ1) is 12.1. The molecule has 0 saturated carbocycles. The molecular formula is C18H15BrN3O2S+. The van der Waals surface area contributed by atoms with Crippen molar-refractivity contribution in [2.24, 2.45) is 4.99 Å². The first-order valence-electron chi connectivity index (χ1n) is 8.49. The van der Waals surface area contributed by atoms with Gasteiger partial charge in [-0.15, -0.1) is 11.8 Å². The van der Waals surface area contributed by atoms with E-state index in [4.69, 9.17) is 0 Å². The first kappa shape index (κ1) is 14.6. The lowest BCUT2D eigenvalue weighted by Crippen LogP contribution is -2.83. The molecule has 1 aromatic carbocycles. The Morgan fingerprint density at radius 1 is 1.48 bits per heavy atom. The molecule has 0 aromatic heterocycles. The van der Waals surface area contributed by atoms with Gasteiger partial charge in [0.15, 0.2) is 11.5 Å². The standard InChI is InChI=1S/C18H14BrN3O2S/c19-8-4-18-5-11(25-10(18)3-9(8)23)22-16-13(18)14-12-7(1-2-20-14)6-21-15(12)17(16)24/h4,6,10-11,22,24H,1-3,5H2/p+1/t10?,11-,18-/m0/s1. The van der Waals surface area contributed by atoms with Crippen LogP contribution in [-0.4, -0.2) is 34.3 Å². The van der Waals surface area contributed by atoms with Crippen molar-refractivity contribution >= 4 is 56.6 Å². The van der Waals surface area contributed by atoms with E-state index in [1.54, 1.807) is 0 Å². The molecule has 126 valence electrons. The smallest absolute Gasteiger partial charge is 0.214 e. The zero-order valence-corrected chi connectivity index (χ0v) is 15.6. The number of Topliss-reactive ketones (excluding diaryl/α,β-unsaturated/α-hetero) is 1. The number of aromatic hydroxyl groups is 1. The van der Waals surface area contributed by atoms with Gasteiger partial charge in [-0.3, -0.25) is 9.79 Å². The van der Waals surface area contributed by atoms with E-state index in [0.29, 0.717) is 16.6 Å². The molecule has 1 aromatic rings. The number of hydrogen-bond acceptors (Lipinski definition) is 5. The minimum atomic E-state index is -0.234. The molecule has 4 aliphatic heterocycles. The molecule has 6 rings (SSSR count). The highest BCUT2D eigenvalue weighted by atomic mass is 79.9. The number of carbonyl (C=O) groups excluding carboxylic acids is 1. The molecule has 2 bridgehead atoms. The van der Waals surface area contributed by atoms with Gasteiger partial charge in [0.05, 0.1) is 26.3 Å². The minimum Gasteiger partial charge on any atom is -0.504 e. The van der Waals surface area contributed by atoms with Crippen LogP contribution in [0.1, 0.15) is 24.8 Å². The Labute approximate surface area is 156 Å². The quantitative estimate of drug-likeness (QED) is 0.524. The van der Waals surface area contributed by atoms with Gasteiger partial charge in [0.2, 0.25) is 5.36 Å². The summed E-state index contributed by atoms with van der Waals surface area (Å²) in [6.45, 7) is 0.867. The third kappa shape index (κ3) is 1.64. The number of rotatable bonds is 0. The van der Waals surface area contributed by atoms with Crippen LogP contribution in [0.2, 0.25) is 0 Å². The van der Waals surface area contributed by atoms with Crippen molar-refractivity contribution in [3.8, 4) is 5.75 Å². The maximum atomic E-state index is 12.3. The van der Waals surface area contributed by atoms with E-state index in [0.717, 1.165) is 41.2 Å². The molecular weight excluding hydrogens is 402 g/mol. The number of fused-ring (bicyclic) bond motifs is 3. The summed E-state index contributed by atoms with van der Waals surface area (Å²) in [7, 11) is 0. The maximum absolute atomic E-state index is 12.3. The van der Waals surface area contributed by atoms with Gasteiger partial charge in [-0.2, -0.15) is 0 Å². The third-order valence-electron chi connectivity index (χ3n) is 6.03. The predicted octanol–water partition coefficient (Wildman–Crippen LogP) is 0.109. The van der Waals surface area contributed by atoms with E-state index in [1.807, 2.05) is 18.0 Å². The van der Waals surface area contributed by atoms with E-state index in [1.165, 1.54) is 5.57 Å². The first-order valence-corrected chi connectivity index (χ1v) is 10.2. The molecule has 0 amide bonds. The number of ketones is 1. The van der Waals surface area contributed by atoms with Crippen molar-refractivity contribution in [1.82, 2.24) is 0 Å². The van der Waals surface area contributed by atoms with Gasteiger partial charge in [0, 0.05) is 29.7 Å². The van der Waals surface area contributed by atoms with Crippen LogP contribution in [0.3, 0.4) is 0 Å². The lowest BCUT2D eigenvalue weighted by atomic mass is 9.68. The highest BCUT2D eigenvalue weighted by molar-refractivity contribution is 9.12. The second-order valence-electron chi connectivity index (χ2n) is 7.28. The molecule has 5 aliphatic rings. The largest absolute Gasteiger partial charge is 0.504 e. The number of anilines is 1. The number of carbonyl (C=O) groups is 1. The van der Waals surface area contributed by atoms with E-state index in [-0.39, 0.29) is 27.6 Å². The molecule has 1 fully saturated rings. The zero-order chi connectivity index (χ0) is 16.9. The summed E-state index contributed by atoms with van der Waals surface area (Å²) in [6.07, 6.45) is 6.37. The topological polar surface area (TPSA) is 75.7 Å². The van der Waals surface area contributed by atoms with Crippen LogP contribution in [-0.2, 0) is 10.2 Å². The van der Waals surface area contributed by atoms with Crippen molar-refractivity contribution in [2.45, 2.75) is 35.3 Å². The van der Waals surface area contributed by atoms with E-state index >= 15 is 0 Å². The average molecular weight is 417 g/mol. The van der Waals surface area contributed by atoms with Crippen molar-refractivity contribution in [1.29, 1.82) is 0 Å². The van der Waals surface area contributed by atoms with Gasteiger partial charge < -0.3 is 10.4 Å². The van der Waals surface area contributed by atoms with Crippen molar-refractivity contribution in [3.05, 3.63) is 26.7 Å². The number of thioether (sulfide) groups is 1. The lowest BCUT2D eigenvalue weighted by Gasteiger charge is -2.38. The van der Waals surface area contributed by atoms with Crippen molar-refractivity contribution in [3.63, 3.8) is 0 Å². The fourth-order valence-electron chi connectivity index (χ4n) is 5.01. The Bertz CT molecular complexity index is 1080. The number of nitrogens with zero attached hydrogens (tertiary/aromatic N) is 1. The lowest BCUT2D eigenvalue weighted by molar-refractivity contribution is -0.501. The molecule has 7 heteroatoms. The fourth-order valence-corrected chi connectivity index (χ4v) is 7.30. The van der Waals surface area contributed by atoms with Crippen LogP contribution in [0.15, 0.2) is 15.6 Å². The molecule has 25 heavy (non-hydrogen) atoms. The second kappa shape index (κ2) is 4.57. The van der Waals surface area contributed by atoms with Crippen LogP contribution in [0, 0.1) is 0 Å². The number of aliphatic imine (C=N–C) groups is 1. The van der Waals surface area contributed by atoms with E-state index in [9.17, 15) is 9.90 Å². The summed E-state index contributed by atoms with van der Waals surface area (Å²) < 4.78 is 0.668. The minimum absolute atomic E-state index is 0.166. The summed E-state index contributed by atoms with van der Waals surface area (Å²) in [5.74, 6) is 0.412. The predicted molar refractivity (Wildman–Crippen MR) is 100 cm³/mol. The number of hydrogen-bond donors (Lipinski definition) is 3. The van der Waals surface area contributed by atoms with Crippen molar-refractivity contribution in [2.75, 3.05) is 11.9 Å². The molecule has 3 N–H and O–H groups in total. The van der Waals surface area contributed by atoms with Gasteiger partial charge in [-0.05, 0) is 27.9 Å². The number of phenols is 1. The Morgan fingerprint density at radius 3 is 3.24 bits per heavy atom. The number of phenolic OH excluding ortho intramolecular Hbond substituents is 1. The summed E-state index contributed by atoms with van der Waals surface area (Å²) in [5.41, 5.74) is 3.54. The highest BCUT2D eigenvalue weighted by Gasteiger charge is 2.57. The van der Waals surface area contributed by atoms with E-state index in [2.05, 4.69) is 37.3 Å². The molecule has 1 aliphatic carbocycles. The van der Waals surface area contributed by atoms with Gasteiger partial charge in [0.25, 0.3) is 0 Å². The Balaban J connectivity index is 1.79. The van der Waals surface area contributed by atoms with Crippen LogP contribution in [0.25, 0.3) is 5.57 Å². The number of halogens is 1. The number of nitrogens with one attached hydrogen (secondary N) is 2. The molecule has 1 spiro atoms. The molecule has 4 heterocycles. The number of allylic oxidation sites excluding steroid dienone is 2. The monoisotopic (exact) mass is 416 g/mol. The summed E-state index contributed by atoms with van der Waals surface area (Å²) in [6, 6.07) is 0. The van der Waals surface area contributed by atoms with Gasteiger partial charge in [-0.1, -0.05) is 6.08 Å². The molecule has 1 saturated heterocycles. The Morgan fingerprint density at radius 2 is 2.36 bits per heavy atom. The van der Waals surface area contributed by atoms with Gasteiger partial charge in [-0.25, -0.2) is 4.99 Å². The molecule has 1 unspecified atom stereocenters. The summed E-state index contributed by atoms with van der Waals surface area (Å²) >= 11 is 5.31. The Hall–Kier alpha value is -1.60.